The number of rotatable bonds is 13. The van der Waals surface area contributed by atoms with Crippen molar-refractivity contribution < 1.29 is 32.2 Å². The Kier molecular flexibility index (Phi) is 11.4. The van der Waals surface area contributed by atoms with Crippen molar-refractivity contribution in [2.45, 2.75) is 56.9 Å². The van der Waals surface area contributed by atoms with Crippen LogP contribution >= 0.6 is 0 Å². The Hall–Kier alpha value is -4.58. The Labute approximate surface area is 264 Å². The van der Waals surface area contributed by atoms with Gasteiger partial charge in [0.15, 0.2) is 18.1 Å². The molecule has 2 N–H and O–H groups in total. The number of nitrogens with one attached hydrogen (secondary N) is 2. The largest absolute Gasteiger partial charge is 0.493 e. The molecule has 3 aromatic rings. The van der Waals surface area contributed by atoms with Gasteiger partial charge in [-0.15, -0.1) is 0 Å². The first-order valence-electron chi connectivity index (χ1n) is 14.8. The molecule has 1 fully saturated rings. The van der Waals surface area contributed by atoms with Gasteiger partial charge in [-0.3, -0.25) is 13.9 Å². The number of hydrogen-bond acceptors (Lipinski definition) is 8. The summed E-state index contributed by atoms with van der Waals surface area (Å²) in [6, 6.07) is 16.7. The molecule has 4 rings (SSSR count). The number of hydrogen-bond donors (Lipinski definition) is 2. The minimum absolute atomic E-state index is 0.0654. The molecule has 0 unspecified atom stereocenters. The molecule has 45 heavy (non-hydrogen) atoms. The van der Waals surface area contributed by atoms with Gasteiger partial charge in [0.2, 0.25) is 0 Å². The van der Waals surface area contributed by atoms with Crippen LogP contribution in [0.4, 0.5) is 5.69 Å². The van der Waals surface area contributed by atoms with E-state index in [2.05, 4.69) is 15.8 Å². The summed E-state index contributed by atoms with van der Waals surface area (Å²) in [6.07, 6.45) is 6.94. The summed E-state index contributed by atoms with van der Waals surface area (Å²) < 4.78 is 44.9. The molecule has 3 aromatic carbocycles. The molecule has 1 aliphatic carbocycles. The second-order valence-corrected chi connectivity index (χ2v) is 12.8. The van der Waals surface area contributed by atoms with Crippen LogP contribution in [0, 0.1) is 13.8 Å². The fourth-order valence-electron chi connectivity index (χ4n) is 5.17. The molecular formula is C33H40N4O7S. The number of sulfonamides is 1. The highest BCUT2D eigenvalue weighted by atomic mass is 32.2. The van der Waals surface area contributed by atoms with E-state index < -0.39 is 22.5 Å². The lowest BCUT2D eigenvalue weighted by Crippen LogP contribution is -2.39. The van der Waals surface area contributed by atoms with Gasteiger partial charge in [0.1, 0.15) is 12.3 Å². The average Bonchev–Trinajstić information content (AvgIpc) is 3.02. The molecule has 12 heteroatoms. The highest BCUT2D eigenvalue weighted by Gasteiger charge is 2.29. The predicted molar refractivity (Wildman–Crippen MR) is 173 cm³/mol. The van der Waals surface area contributed by atoms with Crippen molar-refractivity contribution >= 4 is 33.7 Å². The molecule has 2 amide bonds. The van der Waals surface area contributed by atoms with Crippen LogP contribution in [0.1, 0.15) is 48.8 Å². The summed E-state index contributed by atoms with van der Waals surface area (Å²) in [5, 5.41) is 7.03. The summed E-state index contributed by atoms with van der Waals surface area (Å²) >= 11 is 0. The number of hydrazone groups is 1. The number of nitrogens with zero attached hydrogens (tertiary/aromatic N) is 2. The fraction of sp³-hybridized carbons (Fsp3) is 0.364. The first-order valence-corrected chi connectivity index (χ1v) is 16.2. The van der Waals surface area contributed by atoms with Crippen LogP contribution in [0.5, 0.6) is 17.2 Å². The Morgan fingerprint density at radius 2 is 1.56 bits per heavy atom. The standard InChI is InChI=1S/C33H40N4O7S/c1-23-16-24(2)18-27(17-23)37(45(40,41)29-14-15-30(42-3)31(19-29)43-4)21-32(38)36-34-20-25-10-12-28(13-11-25)44-22-33(39)35-26-8-6-5-7-9-26/h10-20,26H,5-9,21-22H2,1-4H3,(H,35,39)(H,36,38)/b34-20-. The quantitative estimate of drug-likeness (QED) is 0.208. The average molecular weight is 637 g/mol. The zero-order valence-electron chi connectivity index (χ0n) is 26.0. The van der Waals surface area contributed by atoms with Crippen molar-refractivity contribution in [3.8, 4) is 17.2 Å². The monoisotopic (exact) mass is 636 g/mol. The number of benzene rings is 3. The molecule has 0 saturated heterocycles. The first-order chi connectivity index (χ1) is 21.6. The van der Waals surface area contributed by atoms with E-state index in [1.165, 1.54) is 45.1 Å². The van der Waals surface area contributed by atoms with Gasteiger partial charge in [-0.25, -0.2) is 13.8 Å². The van der Waals surface area contributed by atoms with Crippen LogP contribution in [0.25, 0.3) is 0 Å². The van der Waals surface area contributed by atoms with E-state index in [0.717, 1.165) is 41.1 Å². The lowest BCUT2D eigenvalue weighted by atomic mass is 9.95. The van der Waals surface area contributed by atoms with E-state index in [1.54, 1.807) is 36.4 Å². The van der Waals surface area contributed by atoms with Crippen molar-refractivity contribution in [2.75, 3.05) is 31.7 Å². The third-order valence-electron chi connectivity index (χ3n) is 7.35. The fourth-order valence-corrected chi connectivity index (χ4v) is 6.59. The molecule has 0 radical (unpaired) electrons. The van der Waals surface area contributed by atoms with Crippen molar-refractivity contribution in [1.29, 1.82) is 0 Å². The van der Waals surface area contributed by atoms with Gasteiger partial charge in [-0.2, -0.15) is 5.10 Å². The van der Waals surface area contributed by atoms with Crippen molar-refractivity contribution in [3.05, 3.63) is 77.4 Å². The molecule has 0 atom stereocenters. The molecule has 0 aromatic heterocycles. The van der Waals surface area contributed by atoms with Gasteiger partial charge in [0.05, 0.1) is 31.0 Å². The number of ether oxygens (including phenoxy) is 3. The minimum Gasteiger partial charge on any atom is -0.493 e. The van der Waals surface area contributed by atoms with Gasteiger partial charge >= 0.3 is 0 Å². The molecule has 0 bridgehead atoms. The highest BCUT2D eigenvalue weighted by molar-refractivity contribution is 7.92. The smallest absolute Gasteiger partial charge is 0.264 e. The molecular weight excluding hydrogens is 596 g/mol. The van der Waals surface area contributed by atoms with Crippen molar-refractivity contribution in [1.82, 2.24) is 10.7 Å². The Bertz CT molecular complexity index is 1600. The van der Waals surface area contributed by atoms with E-state index in [9.17, 15) is 18.0 Å². The predicted octanol–water partition coefficient (Wildman–Crippen LogP) is 4.49. The number of methoxy groups -OCH3 is 2. The maximum absolute atomic E-state index is 13.9. The second-order valence-electron chi connectivity index (χ2n) is 10.9. The van der Waals surface area contributed by atoms with Gasteiger partial charge in [0.25, 0.3) is 21.8 Å². The van der Waals surface area contributed by atoms with Crippen molar-refractivity contribution in [2.24, 2.45) is 5.10 Å². The summed E-state index contributed by atoms with van der Waals surface area (Å²) in [7, 11) is -1.33. The highest BCUT2D eigenvalue weighted by Crippen LogP contribution is 2.32. The maximum Gasteiger partial charge on any atom is 0.264 e. The minimum atomic E-state index is -4.20. The Balaban J connectivity index is 1.40. The molecule has 1 saturated carbocycles. The lowest BCUT2D eigenvalue weighted by molar-refractivity contribution is -0.124. The van der Waals surface area contributed by atoms with Gasteiger partial charge in [-0.05, 0) is 91.9 Å². The maximum atomic E-state index is 13.9. The summed E-state index contributed by atoms with van der Waals surface area (Å²) in [5.74, 6) is 0.365. The number of carbonyl (C=O) groups is 2. The van der Waals surface area contributed by atoms with Crippen LogP contribution in [0.15, 0.2) is 70.7 Å². The lowest BCUT2D eigenvalue weighted by Gasteiger charge is -2.25. The zero-order valence-corrected chi connectivity index (χ0v) is 26.9. The van der Waals surface area contributed by atoms with Crippen LogP contribution in [0.3, 0.4) is 0 Å². The summed E-state index contributed by atoms with van der Waals surface area (Å²) in [6.45, 7) is 3.12. The zero-order chi connectivity index (χ0) is 32.4. The number of carbonyl (C=O) groups excluding carboxylic acids is 2. The van der Waals surface area contributed by atoms with Gasteiger partial charge in [-0.1, -0.05) is 25.3 Å². The third kappa shape index (κ3) is 9.21. The second kappa shape index (κ2) is 15.4. The van der Waals surface area contributed by atoms with Crippen LogP contribution in [0.2, 0.25) is 0 Å². The Morgan fingerprint density at radius 3 is 2.20 bits per heavy atom. The number of aryl methyl sites for hydroxylation is 2. The first kappa shape index (κ1) is 33.3. The number of anilines is 1. The third-order valence-corrected chi connectivity index (χ3v) is 9.12. The van der Waals surface area contributed by atoms with Crippen molar-refractivity contribution in [3.63, 3.8) is 0 Å². The van der Waals surface area contributed by atoms with E-state index in [4.69, 9.17) is 14.2 Å². The molecule has 11 nitrogen and oxygen atoms in total. The topological polar surface area (TPSA) is 136 Å². The molecule has 0 spiro atoms. The van der Waals surface area contributed by atoms with Crippen LogP contribution in [-0.4, -0.2) is 59.9 Å². The molecule has 240 valence electrons. The number of amides is 2. The SMILES string of the molecule is COc1ccc(S(=O)(=O)N(CC(=O)N/N=C\c2ccc(OCC(=O)NC3CCCCC3)cc2)c2cc(C)cc(C)c2)cc1OC. The van der Waals surface area contributed by atoms with E-state index >= 15 is 0 Å². The molecule has 1 aliphatic rings. The van der Waals surface area contributed by atoms with Gasteiger partial charge < -0.3 is 19.5 Å². The van der Waals surface area contributed by atoms with E-state index in [-0.39, 0.29) is 29.2 Å². The van der Waals surface area contributed by atoms with E-state index in [0.29, 0.717) is 22.7 Å². The van der Waals surface area contributed by atoms with E-state index in [1.807, 2.05) is 19.9 Å². The van der Waals surface area contributed by atoms with Crippen LogP contribution < -0.4 is 29.3 Å². The van der Waals surface area contributed by atoms with Gasteiger partial charge in [0, 0.05) is 12.1 Å². The van der Waals surface area contributed by atoms with Crippen LogP contribution in [-0.2, 0) is 19.6 Å². The molecule has 0 aliphatic heterocycles. The summed E-state index contributed by atoms with van der Waals surface area (Å²) in [5.41, 5.74) is 5.10. The summed E-state index contributed by atoms with van der Waals surface area (Å²) in [4.78, 5) is 25.1. The Morgan fingerprint density at radius 1 is 0.889 bits per heavy atom. The molecule has 0 heterocycles. The normalized spacial score (nSPS) is 13.7.